The van der Waals surface area contributed by atoms with Crippen LogP contribution in [0.5, 0.6) is 0 Å². The highest BCUT2D eigenvalue weighted by molar-refractivity contribution is 7.09. The number of alkyl halides is 3. The molecule has 4 nitrogen and oxygen atoms in total. The van der Waals surface area contributed by atoms with Gasteiger partial charge in [-0.25, -0.2) is 0 Å². The van der Waals surface area contributed by atoms with Crippen LogP contribution in [0.1, 0.15) is 23.3 Å². The highest BCUT2D eigenvalue weighted by Crippen LogP contribution is 2.36. The van der Waals surface area contributed by atoms with E-state index in [0.29, 0.717) is 12.2 Å². The molecule has 1 aromatic heterocycles. The van der Waals surface area contributed by atoms with Gasteiger partial charge in [0.05, 0.1) is 28.9 Å². The molecule has 1 amide bonds. The average molecular weight is 398 g/mol. The Kier molecular flexibility index (Phi) is 6.06. The number of quaternary nitrogens is 1. The standard InChI is InChI=1S/C19H22F3N3OS/c1-24(12-15-5-4-10-27-15)13-18(26)23-16-11-14(19(20,21)22)6-7-17(16)25-8-2-3-9-25/h4-7,10-11H,2-3,8-9,12-13H2,1H3,(H,23,26)/p+1. The molecule has 2 aromatic rings. The lowest BCUT2D eigenvalue weighted by Crippen LogP contribution is -3.08. The molecule has 146 valence electrons. The number of carbonyl (C=O) groups is 1. The normalized spacial score (nSPS) is 15.8. The van der Waals surface area contributed by atoms with Gasteiger partial charge in [0, 0.05) is 13.1 Å². The van der Waals surface area contributed by atoms with Gasteiger partial charge >= 0.3 is 6.18 Å². The number of benzene rings is 1. The first-order valence-corrected chi connectivity index (χ1v) is 9.80. The summed E-state index contributed by atoms with van der Waals surface area (Å²) in [6.45, 7) is 2.47. The molecule has 1 aliphatic rings. The molecule has 1 fully saturated rings. The van der Waals surface area contributed by atoms with E-state index < -0.39 is 11.7 Å². The zero-order valence-electron chi connectivity index (χ0n) is 15.1. The lowest BCUT2D eigenvalue weighted by molar-refractivity contribution is -0.884. The first-order chi connectivity index (χ1) is 12.8. The van der Waals surface area contributed by atoms with Gasteiger partial charge in [0.1, 0.15) is 6.54 Å². The van der Waals surface area contributed by atoms with E-state index in [1.807, 2.05) is 29.5 Å². The van der Waals surface area contributed by atoms with Gasteiger partial charge < -0.3 is 15.1 Å². The number of hydrogen-bond acceptors (Lipinski definition) is 3. The highest BCUT2D eigenvalue weighted by atomic mass is 32.1. The maximum absolute atomic E-state index is 13.1. The van der Waals surface area contributed by atoms with Crippen molar-refractivity contribution < 1.29 is 22.9 Å². The Labute approximate surface area is 160 Å². The van der Waals surface area contributed by atoms with Crippen LogP contribution in [0.15, 0.2) is 35.7 Å². The Balaban J connectivity index is 1.73. The summed E-state index contributed by atoms with van der Waals surface area (Å²) in [5.74, 6) is -0.288. The second-order valence-electron chi connectivity index (χ2n) is 6.86. The Bertz CT molecular complexity index is 771. The van der Waals surface area contributed by atoms with Crippen LogP contribution in [0, 0.1) is 0 Å². The van der Waals surface area contributed by atoms with E-state index in [0.717, 1.165) is 47.8 Å². The van der Waals surface area contributed by atoms with Crippen molar-refractivity contribution in [1.82, 2.24) is 0 Å². The van der Waals surface area contributed by atoms with Gasteiger partial charge in [-0.2, -0.15) is 13.2 Å². The number of carbonyl (C=O) groups excluding carboxylic acids is 1. The fourth-order valence-corrected chi connectivity index (χ4v) is 4.11. The van der Waals surface area contributed by atoms with E-state index in [1.54, 1.807) is 11.3 Å². The van der Waals surface area contributed by atoms with Crippen LogP contribution in [-0.4, -0.2) is 32.6 Å². The van der Waals surface area contributed by atoms with E-state index in [2.05, 4.69) is 5.32 Å². The van der Waals surface area contributed by atoms with Gasteiger partial charge in [0.2, 0.25) is 0 Å². The average Bonchev–Trinajstić information content (AvgIpc) is 3.27. The fraction of sp³-hybridized carbons (Fsp3) is 0.421. The lowest BCUT2D eigenvalue weighted by Gasteiger charge is -2.23. The molecule has 0 radical (unpaired) electrons. The number of rotatable bonds is 6. The summed E-state index contributed by atoms with van der Waals surface area (Å²) in [5.41, 5.74) is 0.144. The molecule has 0 bridgehead atoms. The number of amides is 1. The third-order valence-electron chi connectivity index (χ3n) is 4.56. The fourth-order valence-electron chi connectivity index (χ4n) is 3.29. The second-order valence-corrected chi connectivity index (χ2v) is 7.89. The maximum Gasteiger partial charge on any atom is 0.416 e. The summed E-state index contributed by atoms with van der Waals surface area (Å²) < 4.78 is 39.3. The first-order valence-electron chi connectivity index (χ1n) is 8.92. The molecular weight excluding hydrogens is 375 g/mol. The van der Waals surface area contributed by atoms with Crippen molar-refractivity contribution >= 4 is 28.6 Å². The number of hydrogen-bond donors (Lipinski definition) is 2. The number of nitrogens with zero attached hydrogens (tertiary/aromatic N) is 1. The molecule has 3 rings (SSSR count). The molecule has 1 aromatic carbocycles. The molecule has 2 heterocycles. The van der Waals surface area contributed by atoms with Crippen LogP contribution in [0.25, 0.3) is 0 Å². The minimum Gasteiger partial charge on any atom is -0.370 e. The summed E-state index contributed by atoms with van der Waals surface area (Å²) in [6, 6.07) is 7.55. The van der Waals surface area contributed by atoms with Crippen molar-refractivity contribution in [1.29, 1.82) is 0 Å². The summed E-state index contributed by atoms with van der Waals surface area (Å²) in [7, 11) is 1.90. The quantitative estimate of drug-likeness (QED) is 0.785. The van der Waals surface area contributed by atoms with Crippen LogP contribution < -0.4 is 15.1 Å². The van der Waals surface area contributed by atoms with Crippen molar-refractivity contribution in [3.63, 3.8) is 0 Å². The Hall–Kier alpha value is -2.06. The van der Waals surface area contributed by atoms with Crippen LogP contribution in [-0.2, 0) is 17.5 Å². The predicted molar refractivity (Wildman–Crippen MR) is 101 cm³/mol. The number of halogens is 3. The molecule has 2 N–H and O–H groups in total. The van der Waals surface area contributed by atoms with Crippen molar-refractivity contribution in [2.45, 2.75) is 25.6 Å². The zero-order chi connectivity index (χ0) is 19.4. The summed E-state index contributed by atoms with van der Waals surface area (Å²) in [6.07, 6.45) is -2.44. The molecule has 1 unspecified atom stereocenters. The van der Waals surface area contributed by atoms with Gasteiger partial charge in [-0.05, 0) is 42.5 Å². The monoisotopic (exact) mass is 398 g/mol. The molecule has 1 atom stereocenters. The van der Waals surface area contributed by atoms with E-state index in [1.165, 1.54) is 6.07 Å². The molecular formula is C19H23F3N3OS+. The van der Waals surface area contributed by atoms with E-state index in [9.17, 15) is 18.0 Å². The molecule has 0 aliphatic carbocycles. The van der Waals surface area contributed by atoms with Crippen LogP contribution >= 0.6 is 11.3 Å². The van der Waals surface area contributed by atoms with Gasteiger partial charge in [0.15, 0.2) is 6.54 Å². The van der Waals surface area contributed by atoms with Crippen molar-refractivity contribution in [2.75, 3.05) is 36.9 Å². The van der Waals surface area contributed by atoms with E-state index in [-0.39, 0.29) is 18.1 Å². The van der Waals surface area contributed by atoms with Gasteiger partial charge in [0.25, 0.3) is 5.91 Å². The number of likely N-dealkylation sites (N-methyl/N-ethyl adjacent to an activating group) is 1. The Morgan fingerprint density at radius 3 is 2.63 bits per heavy atom. The summed E-state index contributed by atoms with van der Waals surface area (Å²) in [4.78, 5) is 16.6. The minimum absolute atomic E-state index is 0.188. The van der Waals surface area contributed by atoms with E-state index in [4.69, 9.17) is 0 Å². The second kappa shape index (κ2) is 8.31. The Morgan fingerprint density at radius 2 is 2.00 bits per heavy atom. The number of anilines is 2. The lowest BCUT2D eigenvalue weighted by atomic mass is 10.1. The number of nitrogens with one attached hydrogen (secondary N) is 2. The predicted octanol–water partition coefficient (Wildman–Crippen LogP) is 3.02. The molecule has 8 heteroatoms. The maximum atomic E-state index is 13.1. The van der Waals surface area contributed by atoms with Crippen LogP contribution in [0.4, 0.5) is 24.5 Å². The molecule has 0 spiro atoms. The smallest absolute Gasteiger partial charge is 0.370 e. The van der Waals surface area contributed by atoms with Crippen molar-refractivity contribution in [2.24, 2.45) is 0 Å². The first kappa shape index (κ1) is 19.7. The zero-order valence-corrected chi connectivity index (χ0v) is 15.9. The third-order valence-corrected chi connectivity index (χ3v) is 5.44. The molecule has 0 saturated carbocycles. The number of thiophene rings is 1. The Morgan fingerprint density at radius 1 is 1.26 bits per heavy atom. The minimum atomic E-state index is -4.44. The van der Waals surface area contributed by atoms with Crippen molar-refractivity contribution in [3.05, 3.63) is 46.2 Å². The van der Waals surface area contributed by atoms with E-state index >= 15 is 0 Å². The van der Waals surface area contributed by atoms with Crippen molar-refractivity contribution in [3.8, 4) is 0 Å². The highest BCUT2D eigenvalue weighted by Gasteiger charge is 2.32. The molecule has 1 saturated heterocycles. The topological polar surface area (TPSA) is 36.8 Å². The third kappa shape index (κ3) is 5.23. The molecule has 1 aliphatic heterocycles. The van der Waals surface area contributed by atoms with Gasteiger partial charge in [-0.1, -0.05) is 6.07 Å². The molecule has 27 heavy (non-hydrogen) atoms. The van der Waals surface area contributed by atoms with Crippen LogP contribution in [0.3, 0.4) is 0 Å². The largest absolute Gasteiger partial charge is 0.416 e. The summed E-state index contributed by atoms with van der Waals surface area (Å²) in [5, 5.41) is 4.69. The van der Waals surface area contributed by atoms with Gasteiger partial charge in [-0.15, -0.1) is 11.3 Å². The SMILES string of the molecule is C[NH+](CC(=O)Nc1cc(C(F)(F)F)ccc1N1CCCC1)Cc1cccs1. The van der Waals surface area contributed by atoms with Gasteiger partial charge in [-0.3, -0.25) is 4.79 Å². The van der Waals surface area contributed by atoms with Crippen LogP contribution in [0.2, 0.25) is 0 Å². The summed E-state index contributed by atoms with van der Waals surface area (Å²) >= 11 is 1.62.